The van der Waals surface area contributed by atoms with E-state index < -0.39 is 51.7 Å². The van der Waals surface area contributed by atoms with Crippen LogP contribution in [0.5, 0.6) is 0 Å². The molecule has 1 N–H and O–H groups in total. The number of thioether (sulfide) groups is 1. The van der Waals surface area contributed by atoms with Crippen LogP contribution in [0, 0.1) is 0 Å². The minimum atomic E-state index is -3.71. The van der Waals surface area contributed by atoms with Gasteiger partial charge in [-0.05, 0) is 6.26 Å². The molecule has 5 nitrogen and oxygen atoms in total. The number of halogens is 6. The maximum absolute atomic E-state index is 13.1. The molecule has 0 saturated carbocycles. The Morgan fingerprint density at radius 2 is 1.30 bits per heavy atom. The second-order valence-electron chi connectivity index (χ2n) is 6.43. The van der Waals surface area contributed by atoms with E-state index in [1.54, 1.807) is 6.26 Å². The fourth-order valence-corrected chi connectivity index (χ4v) is 8.04. The lowest BCUT2D eigenvalue weighted by Crippen LogP contribution is -2.24. The maximum Gasteiger partial charge on any atom is 0.313 e. The smallest absolute Gasteiger partial charge is 0.313 e. The van der Waals surface area contributed by atoms with Gasteiger partial charge in [-0.25, -0.2) is 8.42 Å². The van der Waals surface area contributed by atoms with Crippen molar-refractivity contribution in [3.63, 3.8) is 0 Å². The molecule has 2 heterocycles. The van der Waals surface area contributed by atoms with Crippen LogP contribution in [0.15, 0.2) is 8.42 Å². The minimum absolute atomic E-state index is 0. The highest BCUT2D eigenvalue weighted by Gasteiger charge is 2.51. The van der Waals surface area contributed by atoms with Crippen molar-refractivity contribution in [3.05, 3.63) is 30.9 Å². The Morgan fingerprint density at radius 3 is 1.73 bits per heavy atom. The summed E-state index contributed by atoms with van der Waals surface area (Å²) in [7, 11) is -2.71. The van der Waals surface area contributed by atoms with Gasteiger partial charge in [-0.2, -0.15) is 17.6 Å². The molecule has 2 aliphatic carbocycles. The van der Waals surface area contributed by atoms with Crippen LogP contribution < -0.4 is 0 Å². The number of thiophene rings is 2. The summed E-state index contributed by atoms with van der Waals surface area (Å²) in [5.74, 6) is -9.33. The van der Waals surface area contributed by atoms with Gasteiger partial charge in [0, 0.05) is 37.3 Å². The lowest BCUT2D eigenvalue weighted by atomic mass is 10.2. The van der Waals surface area contributed by atoms with E-state index in [1.807, 2.05) is 0 Å². The minimum Gasteiger partial charge on any atom is -0.400 e. The SMILES string of the molecule is C.CO.CS(=O)(=O)c1sc(Cl)c2c1C(=O)C(F)(F)C2.CSc1sc(Cl)c2c1C(=O)C(F)(F)C2. The van der Waals surface area contributed by atoms with E-state index in [0.29, 0.717) is 25.4 Å². The number of hydrogen-bond donors (Lipinski definition) is 1. The molecule has 186 valence electrons. The number of carbonyl (C=O) groups excluding carboxylic acids is 2. The fourth-order valence-electron chi connectivity index (χ4n) is 2.98. The molecule has 0 aromatic carbocycles. The van der Waals surface area contributed by atoms with E-state index in [2.05, 4.69) is 0 Å². The Hall–Kier alpha value is -0.700. The van der Waals surface area contributed by atoms with Crippen LogP contribution in [-0.2, 0) is 22.7 Å². The molecule has 0 radical (unpaired) electrons. The van der Waals surface area contributed by atoms with Crippen LogP contribution in [0.1, 0.15) is 39.3 Å². The number of fused-ring (bicyclic) bond motifs is 2. The van der Waals surface area contributed by atoms with Gasteiger partial charge in [0.05, 0.1) is 24.0 Å². The Kier molecular flexibility index (Phi) is 9.66. The van der Waals surface area contributed by atoms with Gasteiger partial charge in [-0.1, -0.05) is 30.6 Å². The molecule has 4 rings (SSSR count). The van der Waals surface area contributed by atoms with Crippen LogP contribution in [0.2, 0.25) is 8.67 Å². The number of aliphatic hydroxyl groups is 1. The summed E-state index contributed by atoms with van der Waals surface area (Å²) >= 11 is 14.6. The summed E-state index contributed by atoms with van der Waals surface area (Å²) < 4.78 is 75.4. The monoisotopic (exact) mass is 588 g/mol. The maximum atomic E-state index is 13.1. The second-order valence-corrected chi connectivity index (χ2v) is 13.0. The van der Waals surface area contributed by atoms with E-state index in [9.17, 15) is 35.6 Å². The number of ketones is 2. The molecule has 15 heteroatoms. The van der Waals surface area contributed by atoms with Crippen molar-refractivity contribution in [2.75, 3.05) is 19.6 Å². The molecule has 0 spiro atoms. The summed E-state index contributed by atoms with van der Waals surface area (Å²) in [5.41, 5.74) is -0.0295. The predicted molar refractivity (Wildman–Crippen MR) is 124 cm³/mol. The zero-order chi connectivity index (χ0) is 24.8. The number of rotatable bonds is 2. The zero-order valence-corrected chi connectivity index (χ0v) is 21.2. The van der Waals surface area contributed by atoms with E-state index in [0.717, 1.165) is 13.4 Å². The van der Waals surface area contributed by atoms with Crippen molar-refractivity contribution in [2.45, 2.75) is 40.5 Å². The van der Waals surface area contributed by atoms with Crippen molar-refractivity contribution < 1.29 is 40.7 Å². The fraction of sp³-hybridized carbons (Fsp3) is 0.444. The topological polar surface area (TPSA) is 88.5 Å². The Bertz CT molecular complexity index is 1190. The third kappa shape index (κ3) is 5.60. The van der Waals surface area contributed by atoms with E-state index >= 15 is 0 Å². The summed E-state index contributed by atoms with van der Waals surface area (Å²) in [6, 6.07) is 0. The number of aliphatic hydroxyl groups excluding tert-OH is 1. The molecule has 0 fully saturated rings. The van der Waals surface area contributed by atoms with Gasteiger partial charge in [-0.3, -0.25) is 9.59 Å². The van der Waals surface area contributed by atoms with Crippen molar-refractivity contribution in [3.8, 4) is 0 Å². The first kappa shape index (κ1) is 30.3. The van der Waals surface area contributed by atoms with E-state index in [1.165, 1.54) is 23.1 Å². The highest BCUT2D eigenvalue weighted by Crippen LogP contribution is 2.48. The number of sulfone groups is 1. The molecule has 2 aromatic rings. The molecule has 0 amide bonds. The summed E-state index contributed by atoms with van der Waals surface area (Å²) in [6.45, 7) is 0. The summed E-state index contributed by atoms with van der Waals surface area (Å²) in [6.07, 6.45) is 1.24. The van der Waals surface area contributed by atoms with Crippen molar-refractivity contribution in [1.82, 2.24) is 0 Å². The molecule has 2 aliphatic rings. The molecule has 2 aromatic heterocycles. The van der Waals surface area contributed by atoms with Gasteiger partial charge < -0.3 is 5.11 Å². The Morgan fingerprint density at radius 1 is 0.909 bits per heavy atom. The third-order valence-corrected chi connectivity index (χ3v) is 10.2. The molecular weight excluding hydrogens is 571 g/mol. The lowest BCUT2D eigenvalue weighted by Gasteiger charge is -2.05. The van der Waals surface area contributed by atoms with Gasteiger partial charge >= 0.3 is 11.8 Å². The quantitative estimate of drug-likeness (QED) is 0.346. The molecular formula is C18H18Cl2F4O5S4. The standard InChI is InChI=1S/C8H5ClF2O3S2.C8H5ClF2OS2.CH4O.CH4/c1-16(13,14)7-4-3(6(9)15-7)2-8(10,11)5(4)12;1-13-7-4-3(6(9)14-7)2-8(10,11)5(4)12;1-2;/h2H2,1H3;2H2,1H3;2H,1H3;1H4. The molecule has 33 heavy (non-hydrogen) atoms. The van der Waals surface area contributed by atoms with Gasteiger partial charge in [0.25, 0.3) is 0 Å². The zero-order valence-electron chi connectivity index (χ0n) is 16.4. The van der Waals surface area contributed by atoms with Crippen LogP contribution >= 0.6 is 57.6 Å². The first-order chi connectivity index (χ1) is 14.6. The molecule has 0 aliphatic heterocycles. The van der Waals surface area contributed by atoms with Crippen LogP contribution in [0.25, 0.3) is 0 Å². The van der Waals surface area contributed by atoms with Crippen LogP contribution in [0.3, 0.4) is 0 Å². The molecule has 0 unspecified atom stereocenters. The average Bonchev–Trinajstić information content (AvgIpc) is 3.33. The van der Waals surface area contributed by atoms with Crippen molar-refractivity contribution >= 4 is 79.0 Å². The van der Waals surface area contributed by atoms with E-state index in [4.69, 9.17) is 28.3 Å². The molecule has 0 saturated heterocycles. The van der Waals surface area contributed by atoms with Gasteiger partial charge in [0.2, 0.25) is 11.6 Å². The normalized spacial score (nSPS) is 17.3. The van der Waals surface area contributed by atoms with E-state index in [-0.39, 0.29) is 27.1 Å². The van der Waals surface area contributed by atoms with Crippen LogP contribution in [-0.4, -0.2) is 56.6 Å². The Labute approximate surface area is 210 Å². The van der Waals surface area contributed by atoms with Crippen molar-refractivity contribution in [1.29, 1.82) is 0 Å². The summed E-state index contributed by atoms with van der Waals surface area (Å²) in [4.78, 5) is 22.6. The largest absolute Gasteiger partial charge is 0.400 e. The number of carbonyl (C=O) groups is 2. The van der Waals surface area contributed by atoms with Gasteiger partial charge in [0.15, 0.2) is 9.84 Å². The highest BCUT2D eigenvalue weighted by molar-refractivity contribution is 8.00. The Balaban J connectivity index is 0.000000301. The second kappa shape index (κ2) is 10.5. The first-order valence-corrected chi connectivity index (χ1v) is 13.8. The predicted octanol–water partition coefficient (Wildman–Crippen LogP) is 5.92. The molecule has 0 atom stereocenters. The van der Waals surface area contributed by atoms with Gasteiger partial charge in [0.1, 0.15) is 4.21 Å². The van der Waals surface area contributed by atoms with Crippen molar-refractivity contribution in [2.24, 2.45) is 0 Å². The summed E-state index contributed by atoms with van der Waals surface area (Å²) in [5, 5.41) is 7.00. The third-order valence-electron chi connectivity index (χ3n) is 4.29. The lowest BCUT2D eigenvalue weighted by molar-refractivity contribution is 0.0166. The van der Waals surface area contributed by atoms with Gasteiger partial charge in [-0.15, -0.1) is 34.4 Å². The number of hydrogen-bond acceptors (Lipinski definition) is 8. The number of alkyl halides is 4. The highest BCUT2D eigenvalue weighted by atomic mass is 35.5. The average molecular weight is 590 g/mol. The number of Topliss-reactive ketones (excluding diaryl/α,β-unsaturated/α-hetero) is 2. The molecule has 0 bridgehead atoms. The first-order valence-electron chi connectivity index (χ1n) is 8.28. The van der Waals surface area contributed by atoms with Crippen LogP contribution in [0.4, 0.5) is 17.6 Å².